The summed E-state index contributed by atoms with van der Waals surface area (Å²) in [6.45, 7) is 5.05. The smallest absolute Gasteiger partial charge is 0.269 e. The molecule has 0 spiro atoms. The van der Waals surface area contributed by atoms with Gasteiger partial charge in [0.1, 0.15) is 5.69 Å². The predicted molar refractivity (Wildman–Crippen MR) is 75.4 cm³/mol. The third-order valence-corrected chi connectivity index (χ3v) is 2.64. The molecule has 1 heterocycles. The van der Waals surface area contributed by atoms with E-state index in [0.717, 1.165) is 12.2 Å². The van der Waals surface area contributed by atoms with Crippen LogP contribution in [-0.2, 0) is 4.74 Å². The minimum Gasteiger partial charge on any atom is -0.383 e. The van der Waals surface area contributed by atoms with Crippen molar-refractivity contribution in [2.45, 2.75) is 6.92 Å². The third kappa shape index (κ3) is 4.84. The highest BCUT2D eigenvalue weighted by atomic mass is 16.5. The highest BCUT2D eigenvalue weighted by Crippen LogP contribution is 2.14. The van der Waals surface area contributed by atoms with E-state index in [0.29, 0.717) is 31.9 Å². The molecule has 0 fully saturated rings. The van der Waals surface area contributed by atoms with E-state index in [4.69, 9.17) is 10.5 Å². The largest absolute Gasteiger partial charge is 0.383 e. The summed E-state index contributed by atoms with van der Waals surface area (Å²) >= 11 is 0. The highest BCUT2D eigenvalue weighted by molar-refractivity contribution is 5.93. The van der Waals surface area contributed by atoms with Crippen LogP contribution in [0.1, 0.15) is 17.4 Å². The molecule has 0 bridgehead atoms. The van der Waals surface area contributed by atoms with E-state index in [1.54, 1.807) is 19.4 Å². The molecule has 0 radical (unpaired) electrons. The van der Waals surface area contributed by atoms with Gasteiger partial charge in [0.2, 0.25) is 0 Å². The van der Waals surface area contributed by atoms with E-state index in [-0.39, 0.29) is 5.91 Å². The third-order valence-electron chi connectivity index (χ3n) is 2.64. The second kappa shape index (κ2) is 8.44. The molecular weight excluding hydrogens is 244 g/mol. The average Bonchev–Trinajstić information content (AvgIpc) is 2.44. The minimum absolute atomic E-state index is 0.163. The molecule has 6 nitrogen and oxygen atoms in total. The number of aromatic nitrogens is 1. The van der Waals surface area contributed by atoms with Gasteiger partial charge in [0.25, 0.3) is 5.91 Å². The van der Waals surface area contributed by atoms with Crippen LogP contribution in [0.3, 0.4) is 0 Å². The van der Waals surface area contributed by atoms with Gasteiger partial charge in [-0.1, -0.05) is 0 Å². The number of carbonyl (C=O) groups excluding carboxylic acids is 1. The number of pyridine rings is 1. The summed E-state index contributed by atoms with van der Waals surface area (Å²) in [6.07, 6.45) is 1.64. The van der Waals surface area contributed by atoms with Crippen molar-refractivity contribution in [2.75, 3.05) is 44.8 Å². The summed E-state index contributed by atoms with van der Waals surface area (Å²) in [5.74, 6) is -0.163. The lowest BCUT2D eigenvalue weighted by Gasteiger charge is -2.24. The lowest BCUT2D eigenvalue weighted by Crippen LogP contribution is -2.33. The second-order valence-corrected chi connectivity index (χ2v) is 4.03. The van der Waals surface area contributed by atoms with Crippen LogP contribution in [0.25, 0.3) is 0 Å². The number of ether oxygens (including phenoxy) is 1. The van der Waals surface area contributed by atoms with Gasteiger partial charge in [0, 0.05) is 45.2 Å². The van der Waals surface area contributed by atoms with Gasteiger partial charge in [-0.2, -0.15) is 0 Å². The summed E-state index contributed by atoms with van der Waals surface area (Å²) in [4.78, 5) is 17.9. The van der Waals surface area contributed by atoms with E-state index in [2.05, 4.69) is 15.2 Å². The Bertz CT molecular complexity index is 398. The number of nitrogens with two attached hydrogens (primary N) is 1. The molecule has 1 aromatic heterocycles. The Hall–Kier alpha value is -1.66. The number of rotatable bonds is 8. The van der Waals surface area contributed by atoms with Crippen LogP contribution in [0.5, 0.6) is 0 Å². The number of nitrogens with zero attached hydrogens (tertiary/aromatic N) is 2. The fourth-order valence-electron chi connectivity index (χ4n) is 1.72. The summed E-state index contributed by atoms with van der Waals surface area (Å²) in [6, 6.07) is 3.64. The van der Waals surface area contributed by atoms with Crippen LogP contribution >= 0.6 is 0 Å². The van der Waals surface area contributed by atoms with Gasteiger partial charge in [-0.25, -0.2) is 0 Å². The van der Waals surface area contributed by atoms with Crippen LogP contribution in [0.4, 0.5) is 5.69 Å². The summed E-state index contributed by atoms with van der Waals surface area (Å²) in [5, 5.41) is 2.73. The Morgan fingerprint density at radius 1 is 1.53 bits per heavy atom. The molecule has 0 aliphatic carbocycles. The molecule has 0 aromatic carbocycles. The molecule has 0 aliphatic heterocycles. The van der Waals surface area contributed by atoms with Gasteiger partial charge in [-0.15, -0.1) is 0 Å². The van der Waals surface area contributed by atoms with Gasteiger partial charge in [-0.05, 0) is 19.1 Å². The lowest BCUT2D eigenvalue weighted by atomic mass is 10.2. The Morgan fingerprint density at radius 2 is 2.32 bits per heavy atom. The van der Waals surface area contributed by atoms with Crippen LogP contribution in [0.15, 0.2) is 18.3 Å². The van der Waals surface area contributed by atoms with E-state index in [9.17, 15) is 4.79 Å². The molecule has 19 heavy (non-hydrogen) atoms. The Kier molecular flexibility index (Phi) is 6.84. The molecule has 0 atom stereocenters. The number of carbonyl (C=O) groups is 1. The van der Waals surface area contributed by atoms with Crippen molar-refractivity contribution in [3.8, 4) is 0 Å². The van der Waals surface area contributed by atoms with Crippen LogP contribution in [-0.4, -0.2) is 50.8 Å². The molecule has 0 saturated carbocycles. The molecule has 6 heteroatoms. The molecule has 3 N–H and O–H groups in total. The maximum absolute atomic E-state index is 11.7. The molecule has 1 aromatic rings. The number of nitrogens with one attached hydrogen (secondary N) is 1. The van der Waals surface area contributed by atoms with Crippen LogP contribution < -0.4 is 16.0 Å². The summed E-state index contributed by atoms with van der Waals surface area (Å²) < 4.78 is 5.08. The van der Waals surface area contributed by atoms with Gasteiger partial charge >= 0.3 is 0 Å². The number of methoxy groups -OCH3 is 1. The minimum atomic E-state index is -0.163. The number of amides is 1. The number of hydrogen-bond donors (Lipinski definition) is 2. The zero-order valence-electron chi connectivity index (χ0n) is 11.6. The van der Waals surface area contributed by atoms with Crippen molar-refractivity contribution in [3.63, 3.8) is 0 Å². The van der Waals surface area contributed by atoms with Gasteiger partial charge in [0.05, 0.1) is 6.61 Å². The molecule has 0 aliphatic rings. The fraction of sp³-hybridized carbons (Fsp3) is 0.538. The molecule has 1 amide bonds. The second-order valence-electron chi connectivity index (χ2n) is 4.03. The standard InChI is InChI=1S/C13H22N4O2/c1-3-15-13(18)12-10-11(4-6-16-12)17(7-5-14)8-9-19-2/h4,6,10H,3,5,7-9,14H2,1-2H3,(H,15,18). The van der Waals surface area contributed by atoms with E-state index in [1.165, 1.54) is 0 Å². The van der Waals surface area contributed by atoms with Crippen molar-refractivity contribution in [1.82, 2.24) is 10.3 Å². The number of anilines is 1. The molecule has 0 saturated heterocycles. The maximum Gasteiger partial charge on any atom is 0.269 e. The Morgan fingerprint density at radius 3 is 2.95 bits per heavy atom. The topological polar surface area (TPSA) is 80.5 Å². The summed E-state index contributed by atoms with van der Waals surface area (Å²) in [5.41, 5.74) is 6.95. The van der Waals surface area contributed by atoms with Crippen molar-refractivity contribution >= 4 is 11.6 Å². The first kappa shape index (κ1) is 15.4. The van der Waals surface area contributed by atoms with Crippen LogP contribution in [0, 0.1) is 0 Å². The van der Waals surface area contributed by atoms with Crippen molar-refractivity contribution in [1.29, 1.82) is 0 Å². The first-order chi connectivity index (χ1) is 9.22. The molecular formula is C13H22N4O2. The zero-order chi connectivity index (χ0) is 14.1. The molecule has 106 valence electrons. The monoisotopic (exact) mass is 266 g/mol. The van der Waals surface area contributed by atoms with Crippen molar-refractivity contribution < 1.29 is 9.53 Å². The zero-order valence-corrected chi connectivity index (χ0v) is 11.6. The quantitative estimate of drug-likeness (QED) is 0.704. The fourth-order valence-corrected chi connectivity index (χ4v) is 1.72. The first-order valence-electron chi connectivity index (χ1n) is 6.41. The highest BCUT2D eigenvalue weighted by Gasteiger charge is 2.10. The van der Waals surface area contributed by atoms with E-state index >= 15 is 0 Å². The van der Waals surface area contributed by atoms with Gasteiger partial charge in [0.15, 0.2) is 0 Å². The predicted octanol–water partition coefficient (Wildman–Crippen LogP) is 0.243. The lowest BCUT2D eigenvalue weighted by molar-refractivity contribution is 0.0951. The normalized spacial score (nSPS) is 10.3. The molecule has 0 unspecified atom stereocenters. The Labute approximate surface area is 113 Å². The average molecular weight is 266 g/mol. The maximum atomic E-state index is 11.7. The summed E-state index contributed by atoms with van der Waals surface area (Å²) in [7, 11) is 1.66. The Balaban J connectivity index is 2.84. The van der Waals surface area contributed by atoms with E-state index in [1.807, 2.05) is 13.0 Å². The number of hydrogen-bond acceptors (Lipinski definition) is 5. The van der Waals surface area contributed by atoms with Crippen molar-refractivity contribution in [3.05, 3.63) is 24.0 Å². The van der Waals surface area contributed by atoms with Crippen molar-refractivity contribution in [2.24, 2.45) is 5.73 Å². The van der Waals surface area contributed by atoms with Gasteiger partial charge in [-0.3, -0.25) is 9.78 Å². The van der Waals surface area contributed by atoms with Gasteiger partial charge < -0.3 is 20.7 Å². The SMILES string of the molecule is CCNC(=O)c1cc(N(CCN)CCOC)ccn1. The first-order valence-corrected chi connectivity index (χ1v) is 6.41. The van der Waals surface area contributed by atoms with Crippen LogP contribution in [0.2, 0.25) is 0 Å². The van der Waals surface area contributed by atoms with E-state index < -0.39 is 0 Å². The molecule has 1 rings (SSSR count).